The highest BCUT2D eigenvalue weighted by atomic mass is 19.4. The first-order valence-electron chi connectivity index (χ1n) is 6.48. The van der Waals surface area contributed by atoms with E-state index in [1.54, 1.807) is 0 Å². The minimum Gasteiger partial charge on any atom is -0.368 e. The number of nitrogens with one attached hydrogen (secondary N) is 1. The Morgan fingerprint density at radius 2 is 1.90 bits per heavy atom. The van der Waals surface area contributed by atoms with Gasteiger partial charge in [0.1, 0.15) is 5.54 Å². The molecular formula is C12H17F3N4O2. The third-order valence-electron chi connectivity index (χ3n) is 4.00. The monoisotopic (exact) mass is 306 g/mol. The van der Waals surface area contributed by atoms with E-state index in [0.717, 1.165) is 0 Å². The molecule has 9 heteroatoms. The second-order valence-electron chi connectivity index (χ2n) is 5.29. The number of carbonyl (C=O) groups excluding carboxylic acids is 2. The van der Waals surface area contributed by atoms with Gasteiger partial charge in [-0.25, -0.2) is 0 Å². The molecule has 6 nitrogen and oxygen atoms in total. The van der Waals surface area contributed by atoms with Gasteiger partial charge in [-0.1, -0.05) is 0 Å². The molecule has 21 heavy (non-hydrogen) atoms. The van der Waals surface area contributed by atoms with Crippen molar-refractivity contribution in [3.63, 3.8) is 0 Å². The number of carbonyl (C=O) groups is 2. The van der Waals surface area contributed by atoms with Gasteiger partial charge in [-0.15, -0.1) is 0 Å². The third-order valence-corrected chi connectivity index (χ3v) is 4.00. The molecule has 2 aliphatic rings. The fourth-order valence-electron chi connectivity index (χ4n) is 2.77. The summed E-state index contributed by atoms with van der Waals surface area (Å²) >= 11 is 0. The number of halogens is 3. The maximum Gasteiger partial charge on any atom is 0.415 e. The Hall–Kier alpha value is -1.61. The van der Waals surface area contributed by atoms with E-state index in [1.165, 1.54) is 4.90 Å². The molecule has 1 unspecified atom stereocenters. The van der Waals surface area contributed by atoms with Gasteiger partial charge in [0, 0.05) is 38.8 Å². The molecule has 0 aromatic rings. The van der Waals surface area contributed by atoms with Crippen LogP contribution in [0.15, 0.2) is 11.6 Å². The zero-order valence-electron chi connectivity index (χ0n) is 11.5. The zero-order chi connectivity index (χ0) is 15.8. The maximum atomic E-state index is 13.3. The van der Waals surface area contributed by atoms with Crippen LogP contribution >= 0.6 is 0 Å². The van der Waals surface area contributed by atoms with Crippen molar-refractivity contribution in [3.05, 3.63) is 11.6 Å². The molecule has 0 spiro atoms. The van der Waals surface area contributed by atoms with Gasteiger partial charge >= 0.3 is 6.18 Å². The highest BCUT2D eigenvalue weighted by Gasteiger charge is 2.57. The SMILES string of the molecule is CN1CCN(C2(C(N)=O)CNC(=O)C=C2C(F)(F)F)CC1. The summed E-state index contributed by atoms with van der Waals surface area (Å²) in [7, 11) is 1.84. The molecule has 2 aliphatic heterocycles. The molecule has 0 bridgehead atoms. The van der Waals surface area contributed by atoms with E-state index in [-0.39, 0.29) is 13.1 Å². The Bertz CT molecular complexity index is 483. The molecule has 1 saturated heterocycles. The number of piperazine rings is 1. The van der Waals surface area contributed by atoms with Crippen molar-refractivity contribution in [2.75, 3.05) is 39.8 Å². The van der Waals surface area contributed by atoms with Crippen LogP contribution in [0.4, 0.5) is 13.2 Å². The molecule has 0 aliphatic carbocycles. The van der Waals surface area contributed by atoms with Gasteiger partial charge in [0.25, 0.3) is 0 Å². The average Bonchev–Trinajstić information content (AvgIpc) is 2.38. The minimum absolute atomic E-state index is 0.267. The summed E-state index contributed by atoms with van der Waals surface area (Å²) in [5.41, 5.74) is 2.10. The third kappa shape index (κ3) is 2.75. The topological polar surface area (TPSA) is 78.7 Å². The number of hydrogen-bond acceptors (Lipinski definition) is 4. The van der Waals surface area contributed by atoms with Crippen LogP contribution in [0.25, 0.3) is 0 Å². The highest BCUT2D eigenvalue weighted by molar-refractivity contribution is 5.97. The Labute approximate surface area is 119 Å². The fourth-order valence-corrected chi connectivity index (χ4v) is 2.77. The lowest BCUT2D eigenvalue weighted by atomic mass is 9.82. The normalized spacial score (nSPS) is 29.0. The second kappa shape index (κ2) is 5.30. The number of rotatable bonds is 2. The van der Waals surface area contributed by atoms with Crippen molar-refractivity contribution in [3.8, 4) is 0 Å². The highest BCUT2D eigenvalue weighted by Crippen LogP contribution is 2.39. The molecule has 1 fully saturated rings. The van der Waals surface area contributed by atoms with E-state index in [0.29, 0.717) is 19.2 Å². The molecule has 1 atom stereocenters. The number of likely N-dealkylation sites (N-methyl/N-ethyl adjacent to an activating group) is 1. The Morgan fingerprint density at radius 1 is 1.33 bits per heavy atom. The molecule has 2 amide bonds. The average molecular weight is 306 g/mol. The number of amides is 2. The number of nitrogens with zero attached hydrogens (tertiary/aromatic N) is 2. The predicted molar refractivity (Wildman–Crippen MR) is 68.1 cm³/mol. The van der Waals surface area contributed by atoms with E-state index in [9.17, 15) is 22.8 Å². The van der Waals surface area contributed by atoms with Crippen LogP contribution in [0.3, 0.4) is 0 Å². The summed E-state index contributed by atoms with van der Waals surface area (Å²) in [5.74, 6) is -1.97. The van der Waals surface area contributed by atoms with E-state index >= 15 is 0 Å². The van der Waals surface area contributed by atoms with Gasteiger partial charge in [-0.3, -0.25) is 14.5 Å². The summed E-state index contributed by atoms with van der Waals surface area (Å²) < 4.78 is 39.9. The van der Waals surface area contributed by atoms with Gasteiger partial charge in [0.2, 0.25) is 11.8 Å². The van der Waals surface area contributed by atoms with Crippen LogP contribution in [0.5, 0.6) is 0 Å². The van der Waals surface area contributed by atoms with Crippen molar-refractivity contribution < 1.29 is 22.8 Å². The summed E-state index contributed by atoms with van der Waals surface area (Å²) in [6.45, 7) is 1.11. The van der Waals surface area contributed by atoms with Crippen LogP contribution in [0.2, 0.25) is 0 Å². The van der Waals surface area contributed by atoms with Crippen molar-refractivity contribution in [1.29, 1.82) is 0 Å². The summed E-state index contributed by atoms with van der Waals surface area (Å²) in [5, 5.41) is 2.29. The van der Waals surface area contributed by atoms with Crippen molar-refractivity contribution >= 4 is 11.8 Å². The largest absolute Gasteiger partial charge is 0.415 e. The standard InChI is InChI=1S/C12H17F3N4O2/c1-18-2-4-19(5-3-18)11(10(16)21)7-17-9(20)6-8(11)12(13,14)15/h6H,2-5,7H2,1H3,(H2,16,21)(H,17,20). The molecule has 2 rings (SSSR count). The Kier molecular flexibility index (Phi) is 3.98. The minimum atomic E-state index is -4.80. The lowest BCUT2D eigenvalue weighted by Gasteiger charge is -2.47. The predicted octanol–water partition coefficient (Wildman–Crippen LogP) is -0.924. The number of alkyl halides is 3. The molecule has 118 valence electrons. The van der Waals surface area contributed by atoms with Crippen LogP contribution in [-0.2, 0) is 9.59 Å². The van der Waals surface area contributed by atoms with Crippen LogP contribution < -0.4 is 11.1 Å². The lowest BCUT2D eigenvalue weighted by molar-refractivity contribution is -0.145. The second-order valence-corrected chi connectivity index (χ2v) is 5.29. The van der Waals surface area contributed by atoms with Crippen LogP contribution in [-0.4, -0.2) is 73.1 Å². The van der Waals surface area contributed by atoms with Crippen molar-refractivity contribution in [2.24, 2.45) is 5.73 Å². The molecule has 0 aromatic carbocycles. The quantitative estimate of drug-likeness (QED) is 0.691. The van der Waals surface area contributed by atoms with Gasteiger partial charge in [-0.2, -0.15) is 13.2 Å². The summed E-state index contributed by atoms with van der Waals surface area (Å²) in [6.07, 6.45) is -4.36. The number of primary amides is 1. The van der Waals surface area contributed by atoms with Crippen LogP contribution in [0, 0.1) is 0 Å². The van der Waals surface area contributed by atoms with Crippen molar-refractivity contribution in [2.45, 2.75) is 11.7 Å². The summed E-state index contributed by atoms with van der Waals surface area (Å²) in [4.78, 5) is 26.6. The number of hydrogen-bond donors (Lipinski definition) is 2. The maximum absolute atomic E-state index is 13.3. The van der Waals surface area contributed by atoms with E-state index in [1.807, 2.05) is 11.9 Å². The van der Waals surface area contributed by atoms with E-state index < -0.39 is 35.6 Å². The van der Waals surface area contributed by atoms with Gasteiger partial charge < -0.3 is 16.0 Å². The van der Waals surface area contributed by atoms with Gasteiger partial charge in [0.05, 0.1) is 5.57 Å². The fraction of sp³-hybridized carbons (Fsp3) is 0.667. The molecule has 0 saturated carbocycles. The first-order chi connectivity index (χ1) is 9.68. The van der Waals surface area contributed by atoms with Gasteiger partial charge in [-0.05, 0) is 7.05 Å². The first kappa shape index (κ1) is 15.8. The zero-order valence-corrected chi connectivity index (χ0v) is 11.5. The van der Waals surface area contributed by atoms with Crippen molar-refractivity contribution in [1.82, 2.24) is 15.1 Å². The van der Waals surface area contributed by atoms with Crippen LogP contribution in [0.1, 0.15) is 0 Å². The molecule has 0 aromatic heterocycles. The molecule has 0 radical (unpaired) electrons. The van der Waals surface area contributed by atoms with E-state index in [4.69, 9.17) is 5.73 Å². The Balaban J connectivity index is 2.47. The molecular weight excluding hydrogens is 289 g/mol. The molecule has 2 heterocycles. The summed E-state index contributed by atoms with van der Waals surface area (Å²) in [6, 6.07) is 0. The lowest BCUT2D eigenvalue weighted by Crippen LogP contribution is -2.70. The van der Waals surface area contributed by atoms with Gasteiger partial charge in [0.15, 0.2) is 0 Å². The van der Waals surface area contributed by atoms with E-state index in [2.05, 4.69) is 5.32 Å². The smallest absolute Gasteiger partial charge is 0.368 e. The Morgan fingerprint density at radius 3 is 2.38 bits per heavy atom. The first-order valence-corrected chi connectivity index (χ1v) is 6.48. The number of nitrogens with two attached hydrogens (primary N) is 1. The molecule has 3 N–H and O–H groups in total.